The van der Waals surface area contributed by atoms with Gasteiger partial charge in [-0.25, -0.2) is 0 Å². The number of carbonyl (C=O) groups is 1. The summed E-state index contributed by atoms with van der Waals surface area (Å²) in [5, 5.41) is 3.19. The number of esters is 1. The van der Waals surface area contributed by atoms with Crippen LogP contribution in [0.3, 0.4) is 0 Å². The lowest BCUT2D eigenvalue weighted by atomic mass is 10.3. The van der Waals surface area contributed by atoms with E-state index < -0.39 is 0 Å². The van der Waals surface area contributed by atoms with Gasteiger partial charge in [-0.15, -0.1) is 0 Å². The molecule has 0 aromatic heterocycles. The molecule has 70 valence electrons. The number of hydrogen-bond acceptors (Lipinski definition) is 3. The summed E-state index contributed by atoms with van der Waals surface area (Å²) in [7, 11) is 0. The molecule has 1 N–H and O–H groups in total. The third-order valence-electron chi connectivity index (χ3n) is 1.87. The number of rotatable bonds is 5. The van der Waals surface area contributed by atoms with Crippen LogP contribution < -0.4 is 5.32 Å². The van der Waals surface area contributed by atoms with E-state index in [1.165, 1.54) is 12.8 Å². The van der Waals surface area contributed by atoms with E-state index >= 15 is 0 Å². The Morgan fingerprint density at radius 1 is 1.67 bits per heavy atom. The van der Waals surface area contributed by atoms with Crippen molar-refractivity contribution in [1.82, 2.24) is 5.32 Å². The Morgan fingerprint density at radius 3 is 2.83 bits per heavy atom. The SMILES string of the molecule is CCCOC(=O)[C@H](C)NC1CC1. The summed E-state index contributed by atoms with van der Waals surface area (Å²) in [5.74, 6) is -0.122. The van der Waals surface area contributed by atoms with Crippen LogP contribution in [-0.4, -0.2) is 24.7 Å². The predicted molar refractivity (Wildman–Crippen MR) is 46.9 cm³/mol. The molecule has 0 unspecified atom stereocenters. The Morgan fingerprint density at radius 2 is 2.33 bits per heavy atom. The molecule has 0 aromatic carbocycles. The standard InChI is InChI=1S/C9H17NO2/c1-3-6-12-9(11)7(2)10-8-4-5-8/h7-8,10H,3-6H2,1-2H3/t7-/m0/s1. The van der Waals surface area contributed by atoms with E-state index in [9.17, 15) is 4.79 Å². The predicted octanol–water partition coefficient (Wildman–Crippen LogP) is 1.08. The molecule has 3 nitrogen and oxygen atoms in total. The molecule has 1 fully saturated rings. The molecule has 12 heavy (non-hydrogen) atoms. The first-order chi connectivity index (χ1) is 5.74. The Balaban J connectivity index is 2.11. The van der Waals surface area contributed by atoms with Crippen molar-refractivity contribution < 1.29 is 9.53 Å². The molecule has 0 amide bonds. The highest BCUT2D eigenvalue weighted by molar-refractivity contribution is 5.75. The molecule has 0 aromatic rings. The first kappa shape index (κ1) is 9.52. The molecule has 0 radical (unpaired) electrons. The van der Waals surface area contributed by atoms with Crippen molar-refractivity contribution in [2.45, 2.75) is 45.2 Å². The maximum Gasteiger partial charge on any atom is 0.322 e. The fourth-order valence-electron chi connectivity index (χ4n) is 0.999. The van der Waals surface area contributed by atoms with Gasteiger partial charge in [0.25, 0.3) is 0 Å². The van der Waals surface area contributed by atoms with E-state index in [4.69, 9.17) is 4.74 Å². The second-order valence-electron chi connectivity index (χ2n) is 3.33. The van der Waals surface area contributed by atoms with Crippen molar-refractivity contribution in [1.29, 1.82) is 0 Å². The van der Waals surface area contributed by atoms with E-state index in [-0.39, 0.29) is 12.0 Å². The van der Waals surface area contributed by atoms with Crippen LogP contribution in [0.25, 0.3) is 0 Å². The molecule has 0 bridgehead atoms. The summed E-state index contributed by atoms with van der Waals surface area (Å²) >= 11 is 0. The minimum Gasteiger partial charge on any atom is -0.465 e. The topological polar surface area (TPSA) is 38.3 Å². The lowest BCUT2D eigenvalue weighted by Gasteiger charge is -2.11. The van der Waals surface area contributed by atoms with Crippen LogP contribution in [0.5, 0.6) is 0 Å². The van der Waals surface area contributed by atoms with Gasteiger partial charge in [-0.3, -0.25) is 4.79 Å². The lowest BCUT2D eigenvalue weighted by Crippen LogP contribution is -2.36. The van der Waals surface area contributed by atoms with Gasteiger partial charge in [0.1, 0.15) is 6.04 Å². The Labute approximate surface area is 73.5 Å². The van der Waals surface area contributed by atoms with Gasteiger partial charge < -0.3 is 10.1 Å². The number of nitrogens with one attached hydrogen (secondary N) is 1. The maximum absolute atomic E-state index is 11.2. The van der Waals surface area contributed by atoms with Crippen molar-refractivity contribution in [3.8, 4) is 0 Å². The van der Waals surface area contributed by atoms with Crippen molar-refractivity contribution >= 4 is 5.97 Å². The lowest BCUT2D eigenvalue weighted by molar-refractivity contribution is -0.145. The molecular weight excluding hydrogens is 154 g/mol. The van der Waals surface area contributed by atoms with Gasteiger partial charge >= 0.3 is 5.97 Å². The van der Waals surface area contributed by atoms with E-state index in [2.05, 4.69) is 5.32 Å². The van der Waals surface area contributed by atoms with Crippen LogP contribution in [0, 0.1) is 0 Å². The number of carbonyl (C=O) groups excluding carboxylic acids is 1. The second kappa shape index (κ2) is 4.45. The average Bonchev–Trinajstić information content (AvgIpc) is 2.83. The first-order valence-electron chi connectivity index (χ1n) is 4.66. The van der Waals surface area contributed by atoms with Crippen LogP contribution in [0.4, 0.5) is 0 Å². The molecule has 1 saturated carbocycles. The fraction of sp³-hybridized carbons (Fsp3) is 0.889. The van der Waals surface area contributed by atoms with Gasteiger partial charge in [0.2, 0.25) is 0 Å². The van der Waals surface area contributed by atoms with Gasteiger partial charge in [-0.05, 0) is 26.2 Å². The van der Waals surface area contributed by atoms with Gasteiger partial charge in [0, 0.05) is 6.04 Å². The maximum atomic E-state index is 11.2. The molecule has 1 aliphatic carbocycles. The number of ether oxygens (including phenoxy) is 1. The van der Waals surface area contributed by atoms with Gasteiger partial charge in [-0.1, -0.05) is 6.92 Å². The summed E-state index contributed by atoms with van der Waals surface area (Å²) in [4.78, 5) is 11.2. The third-order valence-corrected chi connectivity index (χ3v) is 1.87. The quantitative estimate of drug-likeness (QED) is 0.629. The average molecular weight is 171 g/mol. The molecule has 1 atom stereocenters. The van der Waals surface area contributed by atoms with E-state index in [1.807, 2.05) is 13.8 Å². The molecule has 0 aliphatic heterocycles. The summed E-state index contributed by atoms with van der Waals surface area (Å²) in [6.07, 6.45) is 3.29. The number of hydrogen-bond donors (Lipinski definition) is 1. The zero-order chi connectivity index (χ0) is 8.97. The minimum absolute atomic E-state index is 0.122. The van der Waals surface area contributed by atoms with E-state index in [0.29, 0.717) is 12.6 Å². The Hall–Kier alpha value is -0.570. The van der Waals surface area contributed by atoms with Crippen LogP contribution in [0.1, 0.15) is 33.1 Å². The molecule has 1 aliphatic rings. The van der Waals surface area contributed by atoms with Crippen LogP contribution in [0.15, 0.2) is 0 Å². The van der Waals surface area contributed by atoms with Crippen LogP contribution in [0.2, 0.25) is 0 Å². The molecule has 0 saturated heterocycles. The summed E-state index contributed by atoms with van der Waals surface area (Å²) in [6, 6.07) is 0.429. The zero-order valence-electron chi connectivity index (χ0n) is 7.80. The highest BCUT2D eigenvalue weighted by atomic mass is 16.5. The molecule has 1 rings (SSSR count). The second-order valence-corrected chi connectivity index (χ2v) is 3.33. The van der Waals surface area contributed by atoms with Gasteiger partial charge in [0.15, 0.2) is 0 Å². The minimum atomic E-state index is -0.135. The van der Waals surface area contributed by atoms with Gasteiger partial charge in [0.05, 0.1) is 6.61 Å². The highest BCUT2D eigenvalue weighted by Gasteiger charge is 2.26. The van der Waals surface area contributed by atoms with Gasteiger partial charge in [-0.2, -0.15) is 0 Å². The van der Waals surface area contributed by atoms with Crippen molar-refractivity contribution in [2.24, 2.45) is 0 Å². The Kier molecular flexibility index (Phi) is 3.53. The fourth-order valence-corrected chi connectivity index (χ4v) is 0.999. The van der Waals surface area contributed by atoms with Crippen LogP contribution >= 0.6 is 0 Å². The van der Waals surface area contributed by atoms with Crippen LogP contribution in [-0.2, 0) is 9.53 Å². The molecular formula is C9H17NO2. The largest absolute Gasteiger partial charge is 0.465 e. The molecule has 3 heteroatoms. The summed E-state index contributed by atoms with van der Waals surface area (Å²) in [6.45, 7) is 4.39. The summed E-state index contributed by atoms with van der Waals surface area (Å²) in [5.41, 5.74) is 0. The van der Waals surface area contributed by atoms with Crippen molar-refractivity contribution in [3.05, 3.63) is 0 Å². The monoisotopic (exact) mass is 171 g/mol. The zero-order valence-corrected chi connectivity index (χ0v) is 7.80. The summed E-state index contributed by atoms with van der Waals surface area (Å²) < 4.78 is 4.98. The van der Waals surface area contributed by atoms with E-state index in [0.717, 1.165) is 6.42 Å². The van der Waals surface area contributed by atoms with Crippen molar-refractivity contribution in [2.75, 3.05) is 6.61 Å². The highest BCUT2D eigenvalue weighted by Crippen LogP contribution is 2.19. The van der Waals surface area contributed by atoms with E-state index in [1.54, 1.807) is 0 Å². The Bertz CT molecular complexity index is 155. The normalized spacial score (nSPS) is 18.8. The molecule has 0 heterocycles. The third kappa shape index (κ3) is 3.22. The smallest absolute Gasteiger partial charge is 0.322 e. The first-order valence-corrected chi connectivity index (χ1v) is 4.66. The molecule has 0 spiro atoms. The van der Waals surface area contributed by atoms with Crippen molar-refractivity contribution in [3.63, 3.8) is 0 Å².